The van der Waals surface area contributed by atoms with Crippen molar-refractivity contribution in [3.63, 3.8) is 0 Å². The molecule has 2 aromatic heterocycles. The lowest BCUT2D eigenvalue weighted by Crippen LogP contribution is -2.42. The zero-order valence-electron chi connectivity index (χ0n) is 16.5. The smallest absolute Gasteiger partial charge is 0.167 e. The van der Waals surface area contributed by atoms with Crippen molar-refractivity contribution in [1.29, 1.82) is 0 Å². The van der Waals surface area contributed by atoms with Crippen molar-refractivity contribution in [1.82, 2.24) is 24.8 Å². The molecule has 29 heavy (non-hydrogen) atoms. The minimum Gasteiger partial charge on any atom is -0.387 e. The molecule has 1 fully saturated rings. The first-order valence-corrected chi connectivity index (χ1v) is 10.1. The number of unbranched alkanes of at least 4 members (excludes halogenated alkanes) is 2. The number of aliphatic hydroxyl groups is 2. The molecule has 0 amide bonds. The Morgan fingerprint density at radius 1 is 1.07 bits per heavy atom. The second-order valence-corrected chi connectivity index (χ2v) is 7.45. The first-order chi connectivity index (χ1) is 14.1. The van der Waals surface area contributed by atoms with Crippen molar-refractivity contribution in [2.24, 2.45) is 11.5 Å². The van der Waals surface area contributed by atoms with E-state index in [4.69, 9.17) is 21.9 Å². The second-order valence-electron chi connectivity index (χ2n) is 7.45. The van der Waals surface area contributed by atoms with Crippen LogP contribution in [0.2, 0.25) is 0 Å². The van der Waals surface area contributed by atoms with Gasteiger partial charge in [0.1, 0.15) is 30.2 Å². The summed E-state index contributed by atoms with van der Waals surface area (Å²) in [5.74, 6) is 0.249. The van der Waals surface area contributed by atoms with Crippen LogP contribution in [0.5, 0.6) is 0 Å². The van der Waals surface area contributed by atoms with Crippen LogP contribution in [0.4, 0.5) is 5.82 Å². The molecule has 1 saturated heterocycles. The Bertz CT molecular complexity index is 773. The van der Waals surface area contributed by atoms with Crippen LogP contribution >= 0.6 is 0 Å². The van der Waals surface area contributed by atoms with Gasteiger partial charge in [-0.2, -0.15) is 0 Å². The molecule has 162 valence electrons. The number of imidazole rings is 1. The maximum atomic E-state index is 10.5. The lowest BCUT2D eigenvalue weighted by atomic mass is 10.0. The summed E-state index contributed by atoms with van der Waals surface area (Å²) >= 11 is 0. The number of nitrogens with two attached hydrogens (primary N) is 3. The zero-order chi connectivity index (χ0) is 20.8. The fourth-order valence-electron chi connectivity index (χ4n) is 3.73. The average Bonchev–Trinajstić information content (AvgIpc) is 3.26. The van der Waals surface area contributed by atoms with Gasteiger partial charge in [-0.05, 0) is 32.4 Å². The molecule has 1 aliphatic heterocycles. The molecule has 0 spiro atoms. The minimum absolute atomic E-state index is 0.228. The number of anilines is 1. The highest BCUT2D eigenvalue weighted by molar-refractivity contribution is 5.81. The summed E-state index contributed by atoms with van der Waals surface area (Å²) in [6, 6.07) is 0.228. The van der Waals surface area contributed by atoms with Crippen LogP contribution in [0.15, 0.2) is 12.7 Å². The van der Waals surface area contributed by atoms with Crippen LogP contribution in [-0.2, 0) is 4.74 Å². The van der Waals surface area contributed by atoms with E-state index in [1.807, 2.05) is 0 Å². The first kappa shape index (κ1) is 21.8. The Labute approximate surface area is 169 Å². The van der Waals surface area contributed by atoms with Gasteiger partial charge in [0.05, 0.1) is 6.33 Å². The molecule has 0 aromatic carbocycles. The molecule has 0 saturated carbocycles. The van der Waals surface area contributed by atoms with Crippen molar-refractivity contribution < 1.29 is 14.9 Å². The van der Waals surface area contributed by atoms with Crippen molar-refractivity contribution in [2.75, 3.05) is 25.4 Å². The van der Waals surface area contributed by atoms with Crippen LogP contribution in [0, 0.1) is 0 Å². The van der Waals surface area contributed by atoms with E-state index in [9.17, 15) is 10.2 Å². The van der Waals surface area contributed by atoms with E-state index in [1.165, 1.54) is 12.7 Å². The highest BCUT2D eigenvalue weighted by Crippen LogP contribution is 2.31. The Morgan fingerprint density at radius 3 is 2.66 bits per heavy atom. The molecular formula is C18H32N8O3. The quantitative estimate of drug-likeness (QED) is 0.248. The molecular weight excluding hydrogens is 376 g/mol. The fraction of sp³-hybridized carbons (Fsp3) is 0.722. The third-order valence-corrected chi connectivity index (χ3v) is 5.38. The van der Waals surface area contributed by atoms with E-state index in [1.54, 1.807) is 4.57 Å². The SMILES string of the molecule is NCCCCCC(CCN)NC[C@H]1O[C@@H](n2cnc3c(N)ncnc32)C(O)C1O. The highest BCUT2D eigenvalue weighted by atomic mass is 16.6. The van der Waals surface area contributed by atoms with Gasteiger partial charge >= 0.3 is 0 Å². The van der Waals surface area contributed by atoms with Crippen LogP contribution in [0.25, 0.3) is 11.2 Å². The third kappa shape index (κ3) is 5.00. The number of rotatable bonds is 11. The monoisotopic (exact) mass is 408 g/mol. The molecule has 0 radical (unpaired) electrons. The number of fused-ring (bicyclic) bond motifs is 1. The van der Waals surface area contributed by atoms with Gasteiger partial charge in [-0.3, -0.25) is 4.57 Å². The van der Waals surface area contributed by atoms with E-state index in [-0.39, 0.29) is 11.9 Å². The molecule has 1 aliphatic rings. The Balaban J connectivity index is 1.62. The minimum atomic E-state index is -1.12. The highest BCUT2D eigenvalue weighted by Gasteiger charge is 2.44. The van der Waals surface area contributed by atoms with Crippen molar-refractivity contribution in [2.45, 2.75) is 62.7 Å². The molecule has 11 nitrogen and oxygen atoms in total. The number of nitrogen functional groups attached to an aromatic ring is 1. The van der Waals surface area contributed by atoms with Gasteiger partial charge in [0.25, 0.3) is 0 Å². The van der Waals surface area contributed by atoms with Gasteiger partial charge in [-0.25, -0.2) is 15.0 Å². The van der Waals surface area contributed by atoms with Crippen LogP contribution in [-0.4, -0.2) is 73.7 Å². The van der Waals surface area contributed by atoms with E-state index in [2.05, 4.69) is 20.3 Å². The molecule has 9 N–H and O–H groups in total. The summed E-state index contributed by atoms with van der Waals surface area (Å²) in [6.07, 6.45) is 4.25. The summed E-state index contributed by atoms with van der Waals surface area (Å²) in [5, 5.41) is 24.5. The van der Waals surface area contributed by atoms with E-state index < -0.39 is 24.5 Å². The van der Waals surface area contributed by atoms with Gasteiger partial charge < -0.3 is 37.5 Å². The molecule has 2 aromatic rings. The zero-order valence-corrected chi connectivity index (χ0v) is 16.5. The van der Waals surface area contributed by atoms with Crippen molar-refractivity contribution in [3.05, 3.63) is 12.7 Å². The topological polar surface area (TPSA) is 183 Å². The summed E-state index contributed by atoms with van der Waals surface area (Å²) in [7, 11) is 0. The van der Waals surface area contributed by atoms with Gasteiger partial charge in [0, 0.05) is 12.6 Å². The second kappa shape index (κ2) is 10.2. The van der Waals surface area contributed by atoms with E-state index >= 15 is 0 Å². The normalized spacial score (nSPS) is 25.7. The largest absolute Gasteiger partial charge is 0.387 e. The van der Waals surface area contributed by atoms with Crippen molar-refractivity contribution >= 4 is 17.0 Å². The van der Waals surface area contributed by atoms with Crippen LogP contribution < -0.4 is 22.5 Å². The predicted octanol–water partition coefficient (Wildman–Crippen LogP) is -1.15. The molecule has 11 heteroatoms. The maximum Gasteiger partial charge on any atom is 0.167 e. The van der Waals surface area contributed by atoms with Gasteiger partial charge in [-0.1, -0.05) is 12.8 Å². The first-order valence-electron chi connectivity index (χ1n) is 10.1. The lowest BCUT2D eigenvalue weighted by Gasteiger charge is -2.22. The Hall–Kier alpha value is -1.89. The van der Waals surface area contributed by atoms with E-state index in [0.717, 1.165) is 32.1 Å². The number of hydrogen-bond acceptors (Lipinski definition) is 10. The molecule has 3 heterocycles. The number of nitrogens with zero attached hydrogens (tertiary/aromatic N) is 4. The molecule has 0 bridgehead atoms. The summed E-state index contributed by atoms with van der Waals surface area (Å²) in [5.41, 5.74) is 18.0. The average molecular weight is 409 g/mol. The summed E-state index contributed by atoms with van der Waals surface area (Å²) < 4.78 is 7.54. The predicted molar refractivity (Wildman–Crippen MR) is 109 cm³/mol. The fourth-order valence-corrected chi connectivity index (χ4v) is 3.73. The molecule has 5 atom stereocenters. The van der Waals surface area contributed by atoms with Gasteiger partial charge in [0.2, 0.25) is 0 Å². The van der Waals surface area contributed by atoms with Crippen LogP contribution in [0.1, 0.15) is 38.3 Å². The van der Waals surface area contributed by atoms with E-state index in [0.29, 0.717) is 30.8 Å². The number of hydrogen-bond donors (Lipinski definition) is 6. The summed E-state index contributed by atoms with van der Waals surface area (Å²) in [4.78, 5) is 12.3. The number of nitrogens with one attached hydrogen (secondary N) is 1. The van der Waals surface area contributed by atoms with Crippen LogP contribution in [0.3, 0.4) is 0 Å². The lowest BCUT2D eigenvalue weighted by molar-refractivity contribution is -0.0348. The number of ether oxygens (including phenoxy) is 1. The molecule has 3 rings (SSSR count). The third-order valence-electron chi connectivity index (χ3n) is 5.38. The number of aromatic nitrogens is 4. The molecule has 0 aliphatic carbocycles. The summed E-state index contributed by atoms with van der Waals surface area (Å²) in [6.45, 7) is 1.69. The Morgan fingerprint density at radius 2 is 1.90 bits per heavy atom. The van der Waals surface area contributed by atoms with Crippen molar-refractivity contribution in [3.8, 4) is 0 Å². The standard InChI is InChI=1S/C18H32N8O3/c19-6-3-1-2-4-11(5-7-20)22-8-12-14(27)15(28)18(29-12)26-10-25-13-16(21)23-9-24-17(13)26/h9-12,14-15,18,22,27-28H,1-8,19-20H2,(H2,21,23,24)/t11?,12-,14?,15?,18-/m1/s1. The molecule has 3 unspecified atom stereocenters. The Kier molecular flexibility index (Phi) is 7.70. The maximum absolute atomic E-state index is 10.5. The van der Waals surface area contributed by atoms with Gasteiger partial charge in [-0.15, -0.1) is 0 Å². The number of aliphatic hydroxyl groups excluding tert-OH is 2. The van der Waals surface area contributed by atoms with Gasteiger partial charge in [0.15, 0.2) is 17.7 Å².